The Labute approximate surface area is 103 Å². The molecule has 17 heavy (non-hydrogen) atoms. The lowest BCUT2D eigenvalue weighted by Crippen LogP contribution is -2.27. The first-order valence-corrected chi connectivity index (χ1v) is 6.42. The van der Waals surface area contributed by atoms with Gasteiger partial charge in [-0.3, -0.25) is 4.90 Å². The third-order valence-corrected chi connectivity index (χ3v) is 3.68. The second-order valence-electron chi connectivity index (χ2n) is 5.08. The molecule has 0 aromatic heterocycles. The van der Waals surface area contributed by atoms with Crippen LogP contribution in [0.2, 0.25) is 0 Å². The van der Waals surface area contributed by atoms with E-state index < -0.39 is 0 Å². The largest absolute Gasteiger partial charge is 0.381 e. The summed E-state index contributed by atoms with van der Waals surface area (Å²) in [5.41, 5.74) is 2.11. The van der Waals surface area contributed by atoms with Crippen LogP contribution in [0.25, 0.3) is 0 Å². The van der Waals surface area contributed by atoms with Gasteiger partial charge in [-0.15, -0.1) is 6.42 Å². The fourth-order valence-corrected chi connectivity index (χ4v) is 2.61. The van der Waals surface area contributed by atoms with Crippen LogP contribution in [0.3, 0.4) is 0 Å². The lowest BCUT2D eigenvalue weighted by atomic mass is 10.2. The van der Waals surface area contributed by atoms with E-state index in [4.69, 9.17) is 6.42 Å². The second-order valence-corrected chi connectivity index (χ2v) is 5.08. The Morgan fingerprint density at radius 3 is 2.94 bits per heavy atom. The monoisotopic (exact) mass is 226 g/mol. The normalized spacial score (nSPS) is 24.5. The van der Waals surface area contributed by atoms with Crippen molar-refractivity contribution in [3.63, 3.8) is 0 Å². The number of nitrogens with one attached hydrogen (secondary N) is 1. The summed E-state index contributed by atoms with van der Waals surface area (Å²) in [6.45, 7) is 2.43. The molecule has 2 aliphatic rings. The number of hydrogen-bond acceptors (Lipinski definition) is 2. The second kappa shape index (κ2) is 4.43. The SMILES string of the molecule is C#Cc1cccc(NC2CCN(C3CC3)C2)c1. The maximum Gasteiger partial charge on any atom is 0.0400 e. The maximum absolute atomic E-state index is 5.41. The van der Waals surface area contributed by atoms with E-state index in [1.54, 1.807) is 0 Å². The Balaban J connectivity index is 1.61. The Hall–Kier alpha value is -1.46. The molecule has 2 nitrogen and oxygen atoms in total. The van der Waals surface area contributed by atoms with Crippen LogP contribution < -0.4 is 5.32 Å². The van der Waals surface area contributed by atoms with Gasteiger partial charge in [0.1, 0.15) is 0 Å². The summed E-state index contributed by atoms with van der Waals surface area (Å²) < 4.78 is 0. The Bertz CT molecular complexity index is 442. The zero-order valence-corrected chi connectivity index (χ0v) is 10.0. The summed E-state index contributed by atoms with van der Waals surface area (Å²) in [6, 6.07) is 9.62. The van der Waals surface area contributed by atoms with Crippen LogP contribution >= 0.6 is 0 Å². The molecule has 3 rings (SSSR count). The number of anilines is 1. The standard InChI is InChI=1S/C15H18N2/c1-2-12-4-3-5-13(10-12)16-14-8-9-17(11-14)15-6-7-15/h1,3-5,10,14-16H,6-9,11H2. The lowest BCUT2D eigenvalue weighted by Gasteiger charge is -2.16. The van der Waals surface area contributed by atoms with Gasteiger partial charge in [0.05, 0.1) is 0 Å². The van der Waals surface area contributed by atoms with E-state index in [0.29, 0.717) is 6.04 Å². The molecule has 1 aromatic rings. The molecular formula is C15H18N2. The summed E-state index contributed by atoms with van der Waals surface area (Å²) in [6.07, 6.45) is 9.46. The average Bonchev–Trinajstić information content (AvgIpc) is 3.11. The predicted octanol–water partition coefficient (Wildman–Crippen LogP) is 2.32. The Kier molecular flexibility index (Phi) is 2.78. The molecule has 1 heterocycles. The molecule has 1 aliphatic heterocycles. The molecule has 88 valence electrons. The van der Waals surface area contributed by atoms with E-state index in [-0.39, 0.29) is 0 Å². The first-order valence-electron chi connectivity index (χ1n) is 6.42. The summed E-state index contributed by atoms with van der Waals surface area (Å²) >= 11 is 0. The van der Waals surface area contributed by atoms with E-state index in [2.05, 4.69) is 28.3 Å². The highest BCUT2D eigenvalue weighted by atomic mass is 15.2. The van der Waals surface area contributed by atoms with Crippen LogP contribution in [0.1, 0.15) is 24.8 Å². The number of nitrogens with zero attached hydrogens (tertiary/aromatic N) is 1. The van der Waals surface area contributed by atoms with Gasteiger partial charge in [0.25, 0.3) is 0 Å². The van der Waals surface area contributed by atoms with Gasteiger partial charge < -0.3 is 5.32 Å². The van der Waals surface area contributed by atoms with Crippen molar-refractivity contribution < 1.29 is 0 Å². The van der Waals surface area contributed by atoms with Crippen molar-refractivity contribution >= 4 is 5.69 Å². The van der Waals surface area contributed by atoms with Crippen LogP contribution in [0.5, 0.6) is 0 Å². The van der Waals surface area contributed by atoms with Gasteiger partial charge in [-0.05, 0) is 37.5 Å². The van der Waals surface area contributed by atoms with Gasteiger partial charge >= 0.3 is 0 Å². The van der Waals surface area contributed by atoms with Crippen molar-refractivity contribution in [2.75, 3.05) is 18.4 Å². The minimum absolute atomic E-state index is 0.587. The number of likely N-dealkylation sites (tertiary alicyclic amines) is 1. The molecule has 2 fully saturated rings. The molecule has 1 saturated carbocycles. The van der Waals surface area contributed by atoms with E-state index in [0.717, 1.165) is 17.3 Å². The third-order valence-electron chi connectivity index (χ3n) is 3.68. The smallest absolute Gasteiger partial charge is 0.0400 e. The van der Waals surface area contributed by atoms with Crippen molar-refractivity contribution in [2.45, 2.75) is 31.3 Å². The first kappa shape index (κ1) is 10.7. The van der Waals surface area contributed by atoms with Crippen LogP contribution in [0, 0.1) is 12.3 Å². The summed E-state index contributed by atoms with van der Waals surface area (Å²) in [4.78, 5) is 2.61. The summed E-state index contributed by atoms with van der Waals surface area (Å²) in [5, 5.41) is 3.59. The van der Waals surface area contributed by atoms with Gasteiger partial charge in [0, 0.05) is 36.4 Å². The molecule has 1 N–H and O–H groups in total. The summed E-state index contributed by atoms with van der Waals surface area (Å²) in [5.74, 6) is 2.68. The van der Waals surface area contributed by atoms with Crippen molar-refractivity contribution in [2.24, 2.45) is 0 Å². The molecule has 1 saturated heterocycles. The summed E-state index contributed by atoms with van der Waals surface area (Å²) in [7, 11) is 0. The van der Waals surface area contributed by atoms with Crippen molar-refractivity contribution in [1.29, 1.82) is 0 Å². The topological polar surface area (TPSA) is 15.3 Å². The fourth-order valence-electron chi connectivity index (χ4n) is 2.61. The minimum Gasteiger partial charge on any atom is -0.381 e. The molecule has 0 bridgehead atoms. The van der Waals surface area contributed by atoms with Crippen molar-refractivity contribution in [3.05, 3.63) is 29.8 Å². The maximum atomic E-state index is 5.41. The molecule has 1 atom stereocenters. The zero-order valence-electron chi connectivity index (χ0n) is 10.0. The molecule has 0 amide bonds. The lowest BCUT2D eigenvalue weighted by molar-refractivity contribution is 0.326. The molecule has 0 radical (unpaired) electrons. The highest BCUT2D eigenvalue weighted by Gasteiger charge is 2.34. The van der Waals surface area contributed by atoms with Gasteiger partial charge in [0.2, 0.25) is 0 Å². The highest BCUT2D eigenvalue weighted by molar-refractivity contribution is 5.50. The number of terminal acetylenes is 1. The molecule has 1 aromatic carbocycles. The number of hydrogen-bond donors (Lipinski definition) is 1. The highest BCUT2D eigenvalue weighted by Crippen LogP contribution is 2.30. The number of benzene rings is 1. The third kappa shape index (κ3) is 2.45. The predicted molar refractivity (Wildman–Crippen MR) is 71.0 cm³/mol. The Morgan fingerprint density at radius 1 is 1.29 bits per heavy atom. The van der Waals surface area contributed by atoms with E-state index in [1.807, 2.05) is 12.1 Å². The molecule has 2 heteroatoms. The van der Waals surface area contributed by atoms with Gasteiger partial charge in [-0.25, -0.2) is 0 Å². The van der Waals surface area contributed by atoms with Crippen LogP contribution in [-0.2, 0) is 0 Å². The molecule has 1 aliphatic carbocycles. The van der Waals surface area contributed by atoms with E-state index >= 15 is 0 Å². The van der Waals surface area contributed by atoms with Gasteiger partial charge in [-0.2, -0.15) is 0 Å². The van der Waals surface area contributed by atoms with Gasteiger partial charge in [-0.1, -0.05) is 12.0 Å². The Morgan fingerprint density at radius 2 is 2.18 bits per heavy atom. The van der Waals surface area contributed by atoms with Crippen LogP contribution in [0.4, 0.5) is 5.69 Å². The van der Waals surface area contributed by atoms with Crippen molar-refractivity contribution in [3.8, 4) is 12.3 Å². The first-order chi connectivity index (χ1) is 8.35. The zero-order chi connectivity index (χ0) is 11.7. The number of rotatable bonds is 3. The van der Waals surface area contributed by atoms with Gasteiger partial charge in [0.15, 0.2) is 0 Å². The molecule has 1 unspecified atom stereocenters. The van der Waals surface area contributed by atoms with Crippen molar-refractivity contribution in [1.82, 2.24) is 4.90 Å². The minimum atomic E-state index is 0.587. The van der Waals surface area contributed by atoms with Crippen LogP contribution in [0.15, 0.2) is 24.3 Å². The molecular weight excluding hydrogens is 208 g/mol. The van der Waals surface area contributed by atoms with E-state index in [9.17, 15) is 0 Å². The average molecular weight is 226 g/mol. The quantitative estimate of drug-likeness (QED) is 0.796. The van der Waals surface area contributed by atoms with E-state index in [1.165, 1.54) is 32.4 Å². The fraction of sp³-hybridized carbons (Fsp3) is 0.467. The molecule has 0 spiro atoms. The van der Waals surface area contributed by atoms with Crippen LogP contribution in [-0.4, -0.2) is 30.1 Å².